The summed E-state index contributed by atoms with van der Waals surface area (Å²) >= 11 is 0. The van der Waals surface area contributed by atoms with Crippen LogP contribution >= 0.6 is 0 Å². The second-order valence-corrected chi connectivity index (χ2v) is 5.69. The highest BCUT2D eigenvalue weighted by Crippen LogP contribution is 2.05. The highest BCUT2D eigenvalue weighted by molar-refractivity contribution is 5.73. The number of aliphatic hydroxyl groups excluding tert-OH is 10. The predicted octanol–water partition coefficient (Wildman–Crippen LogP) is -6.84. The van der Waals surface area contributed by atoms with E-state index in [1.54, 1.807) is 0 Å². The monoisotopic (exact) mass is 388 g/mol. The molecular formula is C13H28N2O11. The third-order valence-electron chi connectivity index (χ3n) is 3.59. The van der Waals surface area contributed by atoms with E-state index >= 15 is 0 Å². The summed E-state index contributed by atoms with van der Waals surface area (Å²) in [5.74, 6) is 0. The molecule has 0 heterocycles. The Morgan fingerprint density at radius 2 is 0.846 bits per heavy atom. The van der Waals surface area contributed by atoms with Gasteiger partial charge in [0.1, 0.15) is 36.6 Å². The average Bonchev–Trinajstić information content (AvgIpc) is 2.65. The number of urea groups is 1. The van der Waals surface area contributed by atoms with Gasteiger partial charge in [0.15, 0.2) is 0 Å². The van der Waals surface area contributed by atoms with Crippen molar-refractivity contribution in [3.05, 3.63) is 0 Å². The van der Waals surface area contributed by atoms with E-state index in [9.17, 15) is 35.4 Å². The van der Waals surface area contributed by atoms with Crippen LogP contribution in [-0.2, 0) is 0 Å². The quantitative estimate of drug-likeness (QED) is 0.150. The van der Waals surface area contributed by atoms with Gasteiger partial charge in [-0.15, -0.1) is 0 Å². The summed E-state index contributed by atoms with van der Waals surface area (Å²) in [4.78, 5) is 11.5. The van der Waals surface area contributed by atoms with Gasteiger partial charge in [-0.3, -0.25) is 0 Å². The Morgan fingerprint density at radius 1 is 0.577 bits per heavy atom. The summed E-state index contributed by atoms with van der Waals surface area (Å²) in [7, 11) is 0. The summed E-state index contributed by atoms with van der Waals surface area (Å²) in [6.45, 7) is -2.83. The lowest BCUT2D eigenvalue weighted by molar-refractivity contribution is -0.114. The van der Waals surface area contributed by atoms with E-state index < -0.39 is 81.2 Å². The van der Waals surface area contributed by atoms with Crippen molar-refractivity contribution in [3.63, 3.8) is 0 Å². The van der Waals surface area contributed by atoms with Crippen molar-refractivity contribution in [2.75, 3.05) is 26.3 Å². The average molecular weight is 388 g/mol. The van der Waals surface area contributed by atoms with Crippen molar-refractivity contribution in [1.29, 1.82) is 0 Å². The number of rotatable bonds is 12. The first-order valence-corrected chi connectivity index (χ1v) is 7.74. The highest BCUT2D eigenvalue weighted by Gasteiger charge is 2.31. The molecule has 8 atom stereocenters. The molecule has 13 heteroatoms. The Kier molecular flexibility index (Phi) is 11.8. The van der Waals surface area contributed by atoms with E-state index in [2.05, 4.69) is 10.6 Å². The second kappa shape index (κ2) is 12.3. The number of nitrogens with one attached hydrogen (secondary N) is 2. The van der Waals surface area contributed by atoms with Gasteiger partial charge in [0.25, 0.3) is 0 Å². The Balaban J connectivity index is 4.26. The molecule has 0 aliphatic carbocycles. The first-order valence-electron chi connectivity index (χ1n) is 7.74. The van der Waals surface area contributed by atoms with Crippen LogP contribution in [0.4, 0.5) is 4.79 Å². The lowest BCUT2D eigenvalue weighted by Gasteiger charge is -2.26. The fourth-order valence-corrected chi connectivity index (χ4v) is 1.82. The molecule has 26 heavy (non-hydrogen) atoms. The van der Waals surface area contributed by atoms with Crippen LogP contribution in [0.5, 0.6) is 0 Å². The normalized spacial score (nSPS) is 21.0. The number of aliphatic hydroxyl groups is 10. The van der Waals surface area contributed by atoms with Gasteiger partial charge < -0.3 is 61.7 Å². The van der Waals surface area contributed by atoms with Crippen LogP contribution in [0.15, 0.2) is 0 Å². The van der Waals surface area contributed by atoms with Crippen molar-refractivity contribution in [1.82, 2.24) is 10.6 Å². The number of hydrogen-bond acceptors (Lipinski definition) is 11. The van der Waals surface area contributed by atoms with Crippen LogP contribution in [0.1, 0.15) is 0 Å². The maximum absolute atomic E-state index is 11.5. The minimum atomic E-state index is -1.86. The van der Waals surface area contributed by atoms with E-state index in [1.165, 1.54) is 0 Å². The standard InChI is InChI=1S/C13H28N2O11/c16-3-7(20)11(24)9(22)5(18)1-14-13(26)15-2-6(19)10(23)12(25)8(21)4-17/h5-12,16-25H,1-4H2,(H2,14,15,26). The van der Waals surface area contributed by atoms with Gasteiger partial charge in [-0.25, -0.2) is 4.79 Å². The van der Waals surface area contributed by atoms with Gasteiger partial charge in [0, 0.05) is 13.1 Å². The van der Waals surface area contributed by atoms with Gasteiger partial charge in [-0.1, -0.05) is 0 Å². The third kappa shape index (κ3) is 8.05. The van der Waals surface area contributed by atoms with Crippen molar-refractivity contribution in [3.8, 4) is 0 Å². The molecule has 0 rings (SSSR count). The molecule has 156 valence electrons. The van der Waals surface area contributed by atoms with E-state index in [0.717, 1.165) is 0 Å². The first kappa shape index (κ1) is 24.9. The fraction of sp³-hybridized carbons (Fsp3) is 0.923. The summed E-state index contributed by atoms with van der Waals surface area (Å²) in [5, 5.41) is 96.8. The third-order valence-corrected chi connectivity index (χ3v) is 3.59. The van der Waals surface area contributed by atoms with Crippen LogP contribution in [-0.4, -0.2) is 132 Å². The van der Waals surface area contributed by atoms with Crippen LogP contribution in [0, 0.1) is 0 Å². The molecule has 0 aromatic carbocycles. The molecule has 0 aromatic heterocycles. The van der Waals surface area contributed by atoms with Crippen LogP contribution < -0.4 is 10.6 Å². The zero-order valence-electron chi connectivity index (χ0n) is 13.8. The van der Waals surface area contributed by atoms with E-state index in [-0.39, 0.29) is 0 Å². The van der Waals surface area contributed by atoms with Crippen LogP contribution in [0.25, 0.3) is 0 Å². The zero-order valence-corrected chi connectivity index (χ0v) is 13.8. The Morgan fingerprint density at radius 3 is 1.12 bits per heavy atom. The lowest BCUT2D eigenvalue weighted by atomic mass is 10.0. The Labute approximate surface area is 148 Å². The molecule has 0 saturated heterocycles. The zero-order chi connectivity index (χ0) is 20.4. The largest absolute Gasteiger partial charge is 0.394 e. The molecule has 0 radical (unpaired) electrons. The molecular weight excluding hydrogens is 360 g/mol. The molecule has 0 fully saturated rings. The predicted molar refractivity (Wildman–Crippen MR) is 83.6 cm³/mol. The topological polar surface area (TPSA) is 243 Å². The molecule has 0 saturated carbocycles. The molecule has 0 bridgehead atoms. The lowest BCUT2D eigenvalue weighted by Crippen LogP contribution is -2.53. The summed E-state index contributed by atoms with van der Waals surface area (Å²) in [6, 6.07) is -0.947. The summed E-state index contributed by atoms with van der Waals surface area (Å²) in [5.41, 5.74) is 0. The van der Waals surface area contributed by atoms with Gasteiger partial charge in [0.05, 0.1) is 25.4 Å². The van der Waals surface area contributed by atoms with Crippen molar-refractivity contribution < 1.29 is 55.9 Å². The number of carbonyl (C=O) groups excluding carboxylic acids is 1. The molecule has 0 aliphatic rings. The first-order chi connectivity index (χ1) is 12.1. The molecule has 13 nitrogen and oxygen atoms in total. The summed E-state index contributed by atoms with van der Waals surface area (Å²) < 4.78 is 0. The molecule has 8 unspecified atom stereocenters. The van der Waals surface area contributed by atoms with Crippen molar-refractivity contribution in [2.45, 2.75) is 48.8 Å². The van der Waals surface area contributed by atoms with E-state index in [4.69, 9.17) is 20.4 Å². The number of carbonyl (C=O) groups is 1. The minimum absolute atomic E-state index is 0.563. The van der Waals surface area contributed by atoms with Crippen molar-refractivity contribution >= 4 is 6.03 Å². The van der Waals surface area contributed by atoms with Gasteiger partial charge >= 0.3 is 6.03 Å². The van der Waals surface area contributed by atoms with Gasteiger partial charge in [-0.05, 0) is 0 Å². The van der Waals surface area contributed by atoms with Crippen LogP contribution in [0.2, 0.25) is 0 Å². The Bertz CT molecular complexity index is 368. The number of hydrogen-bond donors (Lipinski definition) is 12. The second-order valence-electron chi connectivity index (χ2n) is 5.69. The fourth-order valence-electron chi connectivity index (χ4n) is 1.82. The van der Waals surface area contributed by atoms with Crippen LogP contribution in [0.3, 0.4) is 0 Å². The molecule has 2 amide bonds. The maximum Gasteiger partial charge on any atom is 0.314 e. The smallest absolute Gasteiger partial charge is 0.314 e. The van der Waals surface area contributed by atoms with Gasteiger partial charge in [0.2, 0.25) is 0 Å². The maximum atomic E-state index is 11.5. The van der Waals surface area contributed by atoms with Gasteiger partial charge in [-0.2, -0.15) is 0 Å². The SMILES string of the molecule is O=C(NCC(O)C(O)C(O)C(O)CO)NCC(O)C(O)C(O)C(O)CO. The molecule has 0 aromatic rings. The molecule has 0 aliphatic heterocycles. The van der Waals surface area contributed by atoms with E-state index in [0.29, 0.717) is 0 Å². The highest BCUT2D eigenvalue weighted by atomic mass is 16.4. The molecule has 0 spiro atoms. The molecule has 12 N–H and O–H groups in total. The minimum Gasteiger partial charge on any atom is -0.394 e. The van der Waals surface area contributed by atoms with E-state index in [1.807, 2.05) is 0 Å². The summed E-state index contributed by atoms with van der Waals surface area (Å²) in [6.07, 6.45) is -14.2. The van der Waals surface area contributed by atoms with Crippen molar-refractivity contribution in [2.24, 2.45) is 0 Å². The number of amides is 2. The Hall–Kier alpha value is -1.13.